The Bertz CT molecular complexity index is 1070. The van der Waals surface area contributed by atoms with E-state index in [0.29, 0.717) is 6.54 Å². The highest BCUT2D eigenvalue weighted by atomic mass is 32.2. The minimum Gasteiger partial charge on any atom is -0.370 e. The lowest BCUT2D eigenvalue weighted by atomic mass is 10.1. The van der Waals surface area contributed by atoms with Crippen LogP contribution in [0.3, 0.4) is 0 Å². The zero-order valence-corrected chi connectivity index (χ0v) is 16.7. The maximum atomic E-state index is 12.2. The summed E-state index contributed by atoms with van der Waals surface area (Å²) in [4.78, 5) is 2.30. The molecule has 0 radical (unpaired) electrons. The molecule has 0 aliphatic heterocycles. The van der Waals surface area contributed by atoms with Crippen molar-refractivity contribution in [2.75, 3.05) is 19.0 Å². The highest BCUT2D eigenvalue weighted by Gasteiger charge is 2.18. The molecule has 0 aliphatic rings. The van der Waals surface area contributed by atoms with Crippen LogP contribution in [-0.2, 0) is 16.6 Å². The molecule has 3 rings (SSSR count). The molecule has 4 nitrogen and oxygen atoms in total. The van der Waals surface area contributed by atoms with Crippen molar-refractivity contribution >= 4 is 15.7 Å². The Morgan fingerprint density at radius 2 is 1.39 bits per heavy atom. The van der Waals surface area contributed by atoms with Gasteiger partial charge in [-0.2, -0.15) is 0 Å². The number of rotatable bonds is 6. The quantitative estimate of drug-likeness (QED) is 0.468. The standard InChI is InChI=1S/C23H22N2O2S/c1-4-25(3)28(26,27)23-16-10-19(11-17-23)18-24(2)22-14-12-21(13-15-22)20-8-6-5-7-9-20/h1,5-17H,18H2,2-3H3. The third-order valence-corrected chi connectivity index (χ3v) is 6.29. The molecule has 0 aromatic heterocycles. The van der Waals surface area contributed by atoms with Crippen LogP contribution < -0.4 is 4.90 Å². The molecule has 0 unspecified atom stereocenters. The third kappa shape index (κ3) is 4.19. The van der Waals surface area contributed by atoms with E-state index in [1.807, 2.05) is 37.4 Å². The summed E-state index contributed by atoms with van der Waals surface area (Å²) < 4.78 is 25.4. The van der Waals surface area contributed by atoms with E-state index in [2.05, 4.69) is 47.3 Å². The van der Waals surface area contributed by atoms with Crippen molar-refractivity contribution in [3.63, 3.8) is 0 Å². The van der Waals surface area contributed by atoms with Gasteiger partial charge in [-0.25, -0.2) is 12.7 Å². The summed E-state index contributed by atoms with van der Waals surface area (Å²) in [6.07, 6.45) is 5.19. The first-order chi connectivity index (χ1) is 13.4. The molecule has 0 amide bonds. The maximum Gasteiger partial charge on any atom is 0.270 e. The Labute approximate surface area is 167 Å². The number of benzene rings is 3. The topological polar surface area (TPSA) is 40.6 Å². The fraction of sp³-hybridized carbons (Fsp3) is 0.130. The lowest BCUT2D eigenvalue weighted by Crippen LogP contribution is -2.22. The Morgan fingerprint density at radius 3 is 1.96 bits per heavy atom. The van der Waals surface area contributed by atoms with E-state index in [1.54, 1.807) is 12.1 Å². The number of anilines is 1. The molecule has 0 heterocycles. The molecule has 28 heavy (non-hydrogen) atoms. The highest BCUT2D eigenvalue weighted by Crippen LogP contribution is 2.23. The van der Waals surface area contributed by atoms with E-state index in [0.717, 1.165) is 15.6 Å². The van der Waals surface area contributed by atoms with Crippen molar-refractivity contribution in [1.29, 1.82) is 0 Å². The zero-order valence-electron chi connectivity index (χ0n) is 15.9. The second kappa shape index (κ2) is 8.20. The summed E-state index contributed by atoms with van der Waals surface area (Å²) in [5.74, 6) is 0. The van der Waals surface area contributed by atoms with Crippen LogP contribution in [0.4, 0.5) is 5.69 Å². The smallest absolute Gasteiger partial charge is 0.270 e. The molecule has 0 fully saturated rings. The first-order valence-corrected chi connectivity index (χ1v) is 10.3. The van der Waals surface area contributed by atoms with Crippen LogP contribution in [0.15, 0.2) is 83.8 Å². The molecule has 0 bridgehead atoms. The molecule has 0 saturated carbocycles. The third-order valence-electron chi connectivity index (χ3n) is 4.60. The molecular formula is C23H22N2O2S. The summed E-state index contributed by atoms with van der Waals surface area (Å²) in [5, 5.41) is 0. The molecule has 0 atom stereocenters. The summed E-state index contributed by atoms with van der Waals surface area (Å²) in [6.45, 7) is 0.663. The van der Waals surface area contributed by atoms with Gasteiger partial charge in [-0.15, -0.1) is 0 Å². The summed E-state index contributed by atoms with van der Waals surface area (Å²) in [5.41, 5.74) is 4.45. The fourth-order valence-corrected chi connectivity index (χ4v) is 3.83. The van der Waals surface area contributed by atoms with E-state index in [1.165, 1.54) is 18.2 Å². The number of hydrogen-bond donors (Lipinski definition) is 0. The number of hydrogen-bond acceptors (Lipinski definition) is 3. The monoisotopic (exact) mass is 390 g/mol. The average Bonchev–Trinajstić information content (AvgIpc) is 2.74. The van der Waals surface area contributed by atoms with Crippen LogP contribution in [0.25, 0.3) is 11.1 Å². The average molecular weight is 391 g/mol. The van der Waals surface area contributed by atoms with Gasteiger partial charge >= 0.3 is 0 Å². The molecule has 3 aromatic rings. The van der Waals surface area contributed by atoms with E-state index in [4.69, 9.17) is 6.42 Å². The molecule has 3 aromatic carbocycles. The van der Waals surface area contributed by atoms with Crippen molar-refractivity contribution in [2.24, 2.45) is 0 Å². The molecule has 0 spiro atoms. The molecule has 0 N–H and O–H groups in total. The number of sulfonamides is 1. The zero-order chi connectivity index (χ0) is 20.1. The lowest BCUT2D eigenvalue weighted by molar-refractivity contribution is 0.547. The van der Waals surface area contributed by atoms with Crippen LogP contribution in [-0.4, -0.2) is 26.8 Å². The van der Waals surface area contributed by atoms with Gasteiger partial charge in [0.2, 0.25) is 0 Å². The second-order valence-electron chi connectivity index (χ2n) is 6.51. The minimum atomic E-state index is -3.63. The SMILES string of the molecule is C#CN(C)S(=O)(=O)c1ccc(CN(C)c2ccc(-c3ccccc3)cc2)cc1. The van der Waals surface area contributed by atoms with Crippen molar-refractivity contribution < 1.29 is 8.42 Å². The van der Waals surface area contributed by atoms with Crippen LogP contribution in [0.5, 0.6) is 0 Å². The van der Waals surface area contributed by atoms with E-state index >= 15 is 0 Å². The van der Waals surface area contributed by atoms with Crippen molar-refractivity contribution in [2.45, 2.75) is 11.4 Å². The van der Waals surface area contributed by atoms with E-state index < -0.39 is 10.0 Å². The van der Waals surface area contributed by atoms with Gasteiger partial charge in [-0.3, -0.25) is 0 Å². The number of terminal acetylenes is 1. The second-order valence-corrected chi connectivity index (χ2v) is 8.48. The van der Waals surface area contributed by atoms with Gasteiger partial charge in [-0.05, 0) is 41.0 Å². The van der Waals surface area contributed by atoms with Gasteiger partial charge in [0.25, 0.3) is 10.0 Å². The van der Waals surface area contributed by atoms with Crippen molar-refractivity contribution in [1.82, 2.24) is 4.31 Å². The predicted molar refractivity (Wildman–Crippen MR) is 114 cm³/mol. The Morgan fingerprint density at radius 1 is 0.821 bits per heavy atom. The Kier molecular flexibility index (Phi) is 5.72. The normalized spacial score (nSPS) is 10.9. The van der Waals surface area contributed by atoms with Gasteiger partial charge in [0, 0.05) is 32.4 Å². The van der Waals surface area contributed by atoms with E-state index in [-0.39, 0.29) is 4.90 Å². The summed E-state index contributed by atoms with van der Waals surface area (Å²) in [7, 11) is -0.268. The molecular weight excluding hydrogens is 368 g/mol. The predicted octanol–water partition coefficient (Wildman–Crippen LogP) is 4.20. The van der Waals surface area contributed by atoms with Gasteiger partial charge in [0.1, 0.15) is 0 Å². The fourth-order valence-electron chi connectivity index (χ4n) is 2.90. The van der Waals surface area contributed by atoms with Crippen LogP contribution >= 0.6 is 0 Å². The van der Waals surface area contributed by atoms with Crippen molar-refractivity contribution in [3.8, 4) is 23.6 Å². The van der Waals surface area contributed by atoms with Gasteiger partial charge < -0.3 is 4.90 Å². The lowest BCUT2D eigenvalue weighted by Gasteiger charge is -2.20. The highest BCUT2D eigenvalue weighted by molar-refractivity contribution is 7.89. The molecule has 142 valence electrons. The number of nitrogens with zero attached hydrogens (tertiary/aromatic N) is 2. The van der Waals surface area contributed by atoms with Crippen LogP contribution in [0, 0.1) is 12.5 Å². The van der Waals surface area contributed by atoms with Crippen LogP contribution in [0.1, 0.15) is 5.56 Å². The molecule has 0 saturated heterocycles. The summed E-state index contributed by atoms with van der Waals surface area (Å²) >= 11 is 0. The Balaban J connectivity index is 1.71. The van der Waals surface area contributed by atoms with E-state index in [9.17, 15) is 8.42 Å². The van der Waals surface area contributed by atoms with Gasteiger partial charge in [0.15, 0.2) is 0 Å². The first-order valence-electron chi connectivity index (χ1n) is 8.82. The molecule has 5 heteroatoms. The van der Waals surface area contributed by atoms with Gasteiger partial charge in [0.05, 0.1) is 4.90 Å². The Hall–Kier alpha value is -3.23. The maximum absolute atomic E-state index is 12.2. The largest absolute Gasteiger partial charge is 0.370 e. The first kappa shape index (κ1) is 19.5. The molecule has 0 aliphatic carbocycles. The van der Waals surface area contributed by atoms with Crippen LogP contribution in [0.2, 0.25) is 0 Å². The minimum absolute atomic E-state index is 0.187. The van der Waals surface area contributed by atoms with Crippen molar-refractivity contribution in [3.05, 3.63) is 84.4 Å². The van der Waals surface area contributed by atoms with Gasteiger partial charge in [-0.1, -0.05) is 61.0 Å². The summed E-state index contributed by atoms with van der Waals surface area (Å²) in [6, 6.07) is 27.5.